The van der Waals surface area contributed by atoms with Gasteiger partial charge in [-0.25, -0.2) is 4.98 Å². The van der Waals surface area contributed by atoms with Crippen molar-refractivity contribution in [2.75, 3.05) is 7.05 Å². The molecular formula is C16H17N5O2. The summed E-state index contributed by atoms with van der Waals surface area (Å²) >= 11 is 0. The quantitative estimate of drug-likeness (QED) is 0.772. The molecule has 7 heteroatoms. The van der Waals surface area contributed by atoms with E-state index in [-0.39, 0.29) is 5.56 Å². The molecule has 1 aromatic carbocycles. The molecule has 0 aliphatic carbocycles. The molecular weight excluding hydrogens is 294 g/mol. The van der Waals surface area contributed by atoms with Crippen LogP contribution in [0.25, 0.3) is 11.5 Å². The molecule has 23 heavy (non-hydrogen) atoms. The van der Waals surface area contributed by atoms with Gasteiger partial charge in [-0.05, 0) is 26.1 Å². The van der Waals surface area contributed by atoms with Crippen LogP contribution in [0.3, 0.4) is 0 Å². The largest absolute Gasteiger partial charge is 0.419 e. The number of H-pyrrole nitrogens is 1. The number of nitrogens with zero attached hydrogens (tertiary/aromatic N) is 4. The van der Waals surface area contributed by atoms with Crippen LogP contribution in [0.5, 0.6) is 0 Å². The standard InChI is InChI=1S/C16H17N5O2/c1-11-17-13(8-14(22)18-11)9-21(2)10-15-19-20-16(23-15)12-6-4-3-5-7-12/h3-8H,9-10H2,1-2H3,(H,17,18,22). The van der Waals surface area contributed by atoms with Crippen molar-refractivity contribution in [3.63, 3.8) is 0 Å². The van der Waals surface area contributed by atoms with Crippen LogP contribution in [-0.2, 0) is 13.1 Å². The molecule has 118 valence electrons. The molecule has 0 radical (unpaired) electrons. The second kappa shape index (κ2) is 6.53. The van der Waals surface area contributed by atoms with E-state index in [2.05, 4.69) is 20.2 Å². The van der Waals surface area contributed by atoms with E-state index in [1.54, 1.807) is 6.92 Å². The number of hydrogen-bond donors (Lipinski definition) is 1. The summed E-state index contributed by atoms with van der Waals surface area (Å²) in [5.41, 5.74) is 1.45. The van der Waals surface area contributed by atoms with E-state index in [0.29, 0.717) is 36.4 Å². The van der Waals surface area contributed by atoms with Crippen LogP contribution >= 0.6 is 0 Å². The third-order valence-electron chi connectivity index (χ3n) is 3.24. The average Bonchev–Trinajstić information content (AvgIpc) is 2.95. The zero-order valence-corrected chi connectivity index (χ0v) is 13.0. The summed E-state index contributed by atoms with van der Waals surface area (Å²) in [5, 5.41) is 8.12. The molecule has 0 fully saturated rings. The number of nitrogens with one attached hydrogen (secondary N) is 1. The highest BCUT2D eigenvalue weighted by Gasteiger charge is 2.11. The minimum atomic E-state index is -0.148. The van der Waals surface area contributed by atoms with E-state index in [1.165, 1.54) is 6.07 Å². The van der Waals surface area contributed by atoms with Crippen molar-refractivity contribution in [1.29, 1.82) is 0 Å². The van der Waals surface area contributed by atoms with Crippen LogP contribution in [0.15, 0.2) is 45.6 Å². The number of aromatic nitrogens is 4. The van der Waals surface area contributed by atoms with Gasteiger partial charge in [-0.1, -0.05) is 18.2 Å². The van der Waals surface area contributed by atoms with Gasteiger partial charge in [-0.3, -0.25) is 9.69 Å². The summed E-state index contributed by atoms with van der Waals surface area (Å²) in [6.45, 7) is 2.76. The van der Waals surface area contributed by atoms with Crippen LogP contribution in [0, 0.1) is 6.92 Å². The first kappa shape index (κ1) is 15.1. The highest BCUT2D eigenvalue weighted by molar-refractivity contribution is 5.51. The molecule has 0 aliphatic heterocycles. The number of hydrogen-bond acceptors (Lipinski definition) is 6. The van der Waals surface area contributed by atoms with Crippen LogP contribution < -0.4 is 5.56 Å². The zero-order valence-electron chi connectivity index (χ0n) is 13.0. The van der Waals surface area contributed by atoms with Crippen LogP contribution in [0.2, 0.25) is 0 Å². The van der Waals surface area contributed by atoms with Gasteiger partial charge in [0.1, 0.15) is 5.82 Å². The maximum atomic E-state index is 11.5. The maximum absolute atomic E-state index is 11.5. The molecule has 0 atom stereocenters. The Balaban J connectivity index is 1.67. The summed E-state index contributed by atoms with van der Waals surface area (Å²) in [5.74, 6) is 1.62. The highest BCUT2D eigenvalue weighted by Crippen LogP contribution is 2.17. The van der Waals surface area contributed by atoms with Crippen molar-refractivity contribution < 1.29 is 4.42 Å². The van der Waals surface area contributed by atoms with Gasteiger partial charge < -0.3 is 9.40 Å². The number of aryl methyl sites for hydroxylation is 1. The lowest BCUT2D eigenvalue weighted by atomic mass is 10.2. The first-order chi connectivity index (χ1) is 11.1. The monoisotopic (exact) mass is 311 g/mol. The fourth-order valence-electron chi connectivity index (χ4n) is 2.30. The van der Waals surface area contributed by atoms with Gasteiger partial charge in [0, 0.05) is 18.2 Å². The lowest BCUT2D eigenvalue weighted by Crippen LogP contribution is -2.20. The Morgan fingerprint density at radius 1 is 1.17 bits per heavy atom. The maximum Gasteiger partial charge on any atom is 0.251 e. The van der Waals surface area contributed by atoms with Crippen molar-refractivity contribution in [2.45, 2.75) is 20.0 Å². The zero-order chi connectivity index (χ0) is 16.2. The fraction of sp³-hybridized carbons (Fsp3) is 0.250. The van der Waals surface area contributed by atoms with E-state index in [9.17, 15) is 4.79 Å². The van der Waals surface area contributed by atoms with Crippen LogP contribution in [0.4, 0.5) is 0 Å². The molecule has 0 spiro atoms. The molecule has 0 aliphatic rings. The molecule has 0 amide bonds. The van der Waals surface area contributed by atoms with Crippen LogP contribution in [-0.4, -0.2) is 32.1 Å². The number of benzene rings is 1. The second-order valence-electron chi connectivity index (χ2n) is 5.36. The first-order valence-electron chi connectivity index (χ1n) is 7.23. The SMILES string of the molecule is Cc1nc(CN(C)Cc2nnc(-c3ccccc3)o2)cc(=O)[nH]1. The molecule has 1 N–H and O–H groups in total. The van der Waals surface area contributed by atoms with Gasteiger partial charge in [-0.2, -0.15) is 0 Å². The molecule has 2 heterocycles. The van der Waals surface area contributed by atoms with E-state index in [0.717, 1.165) is 5.56 Å². The molecule has 3 aromatic rings. The van der Waals surface area contributed by atoms with Gasteiger partial charge in [-0.15, -0.1) is 10.2 Å². The van der Waals surface area contributed by atoms with Crippen molar-refractivity contribution in [3.8, 4) is 11.5 Å². The Morgan fingerprint density at radius 2 is 1.96 bits per heavy atom. The Kier molecular flexibility index (Phi) is 4.29. The van der Waals surface area contributed by atoms with E-state index >= 15 is 0 Å². The summed E-state index contributed by atoms with van der Waals surface area (Å²) in [6.07, 6.45) is 0. The summed E-state index contributed by atoms with van der Waals surface area (Å²) in [6, 6.07) is 11.1. The predicted molar refractivity (Wildman–Crippen MR) is 84.5 cm³/mol. The fourth-order valence-corrected chi connectivity index (χ4v) is 2.30. The minimum Gasteiger partial charge on any atom is -0.419 e. The van der Waals surface area contributed by atoms with Gasteiger partial charge in [0.15, 0.2) is 0 Å². The van der Waals surface area contributed by atoms with Gasteiger partial charge in [0.25, 0.3) is 5.56 Å². The lowest BCUT2D eigenvalue weighted by molar-refractivity contribution is 0.279. The molecule has 0 unspecified atom stereocenters. The average molecular weight is 311 g/mol. The van der Waals surface area contributed by atoms with Gasteiger partial charge in [0.2, 0.25) is 11.8 Å². The first-order valence-corrected chi connectivity index (χ1v) is 7.23. The third kappa shape index (κ3) is 3.89. The summed E-state index contributed by atoms with van der Waals surface area (Å²) in [7, 11) is 1.91. The summed E-state index contributed by atoms with van der Waals surface area (Å²) < 4.78 is 5.67. The smallest absolute Gasteiger partial charge is 0.251 e. The van der Waals surface area contributed by atoms with Crippen molar-refractivity contribution >= 4 is 0 Å². The Morgan fingerprint density at radius 3 is 2.70 bits per heavy atom. The molecule has 3 rings (SSSR count). The Hall–Kier alpha value is -2.80. The second-order valence-corrected chi connectivity index (χ2v) is 5.36. The van der Waals surface area contributed by atoms with E-state index < -0.39 is 0 Å². The van der Waals surface area contributed by atoms with E-state index in [1.807, 2.05) is 42.3 Å². The molecule has 2 aromatic heterocycles. The van der Waals surface area contributed by atoms with Crippen molar-refractivity contribution in [1.82, 2.24) is 25.1 Å². The number of rotatable bonds is 5. The lowest BCUT2D eigenvalue weighted by Gasteiger charge is -2.13. The Labute approximate surface area is 133 Å². The predicted octanol–water partition coefficient (Wildman–Crippen LogP) is 1.76. The van der Waals surface area contributed by atoms with Gasteiger partial charge in [0.05, 0.1) is 12.2 Å². The molecule has 0 saturated carbocycles. The summed E-state index contributed by atoms with van der Waals surface area (Å²) in [4.78, 5) is 20.4. The Bertz CT molecular complexity index is 841. The minimum absolute atomic E-state index is 0.148. The molecule has 0 saturated heterocycles. The normalized spacial score (nSPS) is 11.1. The number of aromatic amines is 1. The van der Waals surface area contributed by atoms with Crippen LogP contribution in [0.1, 0.15) is 17.4 Å². The molecule has 0 bridgehead atoms. The van der Waals surface area contributed by atoms with Gasteiger partial charge >= 0.3 is 0 Å². The van der Waals surface area contributed by atoms with E-state index in [4.69, 9.17) is 4.42 Å². The third-order valence-corrected chi connectivity index (χ3v) is 3.24. The van der Waals surface area contributed by atoms with Crippen molar-refractivity contribution in [2.24, 2.45) is 0 Å². The molecule has 7 nitrogen and oxygen atoms in total. The van der Waals surface area contributed by atoms with Crippen molar-refractivity contribution in [3.05, 3.63) is 64.2 Å². The highest BCUT2D eigenvalue weighted by atomic mass is 16.4. The topological polar surface area (TPSA) is 87.9 Å².